The summed E-state index contributed by atoms with van der Waals surface area (Å²) in [7, 11) is 1.91. The Morgan fingerprint density at radius 1 is 1.30 bits per heavy atom. The average molecular weight is 317 g/mol. The number of morpholine rings is 1. The first-order chi connectivity index (χ1) is 11.1. The molecular weight excluding hydrogens is 290 g/mol. The molecule has 5 heteroatoms. The van der Waals surface area contributed by atoms with Gasteiger partial charge in [0.2, 0.25) is 5.91 Å². The van der Waals surface area contributed by atoms with Crippen LogP contribution in [0.3, 0.4) is 0 Å². The van der Waals surface area contributed by atoms with Gasteiger partial charge < -0.3 is 20.3 Å². The number of rotatable bonds is 4. The largest absolute Gasteiger partial charge is 0.378 e. The predicted molar refractivity (Wildman–Crippen MR) is 91.3 cm³/mol. The van der Waals surface area contributed by atoms with Gasteiger partial charge >= 0.3 is 0 Å². The van der Waals surface area contributed by atoms with Crippen LogP contribution in [-0.4, -0.2) is 50.2 Å². The Balaban J connectivity index is 1.68. The maximum Gasteiger partial charge on any atom is 0.225 e. The summed E-state index contributed by atoms with van der Waals surface area (Å²) in [5.74, 6) is 0.334. The first-order valence-electron chi connectivity index (χ1n) is 8.56. The van der Waals surface area contributed by atoms with Crippen molar-refractivity contribution in [3.05, 3.63) is 29.8 Å². The third-order valence-corrected chi connectivity index (χ3v) is 4.95. The van der Waals surface area contributed by atoms with E-state index in [1.165, 1.54) is 11.3 Å². The predicted octanol–water partition coefficient (Wildman–Crippen LogP) is 1.61. The normalized spacial score (nSPS) is 24.7. The molecule has 1 saturated heterocycles. The molecule has 2 unspecified atom stereocenters. The van der Waals surface area contributed by atoms with Crippen molar-refractivity contribution < 1.29 is 9.53 Å². The zero-order valence-corrected chi connectivity index (χ0v) is 13.9. The minimum Gasteiger partial charge on any atom is -0.378 e. The highest BCUT2D eigenvalue weighted by molar-refractivity contribution is 5.79. The number of hydrogen-bond donors (Lipinski definition) is 1. The van der Waals surface area contributed by atoms with Gasteiger partial charge in [-0.15, -0.1) is 0 Å². The molecule has 1 aliphatic heterocycles. The number of nitrogens with zero attached hydrogens (tertiary/aromatic N) is 2. The molecule has 1 aliphatic carbocycles. The number of benzene rings is 1. The maximum atomic E-state index is 12.6. The minimum absolute atomic E-state index is 0.102. The molecule has 126 valence electrons. The van der Waals surface area contributed by atoms with Crippen LogP contribution in [-0.2, 0) is 16.1 Å². The summed E-state index contributed by atoms with van der Waals surface area (Å²) in [5, 5.41) is 0. The number of carbonyl (C=O) groups is 1. The van der Waals surface area contributed by atoms with Crippen molar-refractivity contribution in [1.29, 1.82) is 0 Å². The fraction of sp³-hybridized carbons (Fsp3) is 0.611. The molecule has 1 amide bonds. The summed E-state index contributed by atoms with van der Waals surface area (Å²) in [6.45, 7) is 4.00. The molecule has 2 fully saturated rings. The van der Waals surface area contributed by atoms with Crippen LogP contribution >= 0.6 is 0 Å². The highest BCUT2D eigenvalue weighted by Gasteiger charge is 2.30. The molecule has 1 aromatic rings. The molecule has 0 aromatic heterocycles. The van der Waals surface area contributed by atoms with Crippen molar-refractivity contribution in [2.24, 2.45) is 11.7 Å². The van der Waals surface area contributed by atoms with Gasteiger partial charge in [-0.2, -0.15) is 0 Å². The Kier molecular flexibility index (Phi) is 5.18. The van der Waals surface area contributed by atoms with Crippen LogP contribution in [0.1, 0.15) is 24.8 Å². The van der Waals surface area contributed by atoms with Gasteiger partial charge in [0.15, 0.2) is 0 Å². The van der Waals surface area contributed by atoms with Gasteiger partial charge in [0.05, 0.1) is 13.2 Å². The first-order valence-corrected chi connectivity index (χ1v) is 8.56. The van der Waals surface area contributed by atoms with Gasteiger partial charge in [-0.3, -0.25) is 4.79 Å². The summed E-state index contributed by atoms with van der Waals surface area (Å²) in [6.07, 6.45) is 2.72. The van der Waals surface area contributed by atoms with E-state index in [0.29, 0.717) is 6.54 Å². The van der Waals surface area contributed by atoms with Crippen molar-refractivity contribution in [3.63, 3.8) is 0 Å². The summed E-state index contributed by atoms with van der Waals surface area (Å²) < 4.78 is 5.44. The highest BCUT2D eigenvalue weighted by Crippen LogP contribution is 2.27. The molecule has 0 bridgehead atoms. The van der Waals surface area contributed by atoms with E-state index in [1.807, 2.05) is 18.0 Å². The lowest BCUT2D eigenvalue weighted by Crippen LogP contribution is -2.37. The van der Waals surface area contributed by atoms with Crippen LogP contribution in [0, 0.1) is 5.92 Å². The summed E-state index contributed by atoms with van der Waals surface area (Å²) in [5.41, 5.74) is 8.37. The molecular formula is C18H27N3O2. The SMILES string of the molecule is CN(Cc1ccccc1N1CCOCC1)C(=O)C1CCC(N)C1. The van der Waals surface area contributed by atoms with Crippen molar-refractivity contribution in [2.75, 3.05) is 38.3 Å². The lowest BCUT2D eigenvalue weighted by Gasteiger charge is -2.31. The van der Waals surface area contributed by atoms with Crippen molar-refractivity contribution >= 4 is 11.6 Å². The second-order valence-electron chi connectivity index (χ2n) is 6.69. The number of ether oxygens (including phenoxy) is 1. The van der Waals surface area contributed by atoms with E-state index in [-0.39, 0.29) is 17.9 Å². The Labute approximate surface area is 138 Å². The van der Waals surface area contributed by atoms with Crippen LogP contribution in [0.2, 0.25) is 0 Å². The number of para-hydroxylation sites is 1. The Morgan fingerprint density at radius 2 is 2.04 bits per heavy atom. The standard InChI is InChI=1S/C18H27N3O2/c1-20(18(22)14-6-7-16(19)12-14)13-15-4-2-3-5-17(15)21-8-10-23-11-9-21/h2-5,14,16H,6-13,19H2,1H3. The second kappa shape index (κ2) is 7.32. The first kappa shape index (κ1) is 16.3. The Bertz CT molecular complexity index is 543. The van der Waals surface area contributed by atoms with Crippen LogP contribution in [0.15, 0.2) is 24.3 Å². The molecule has 1 saturated carbocycles. The lowest BCUT2D eigenvalue weighted by molar-refractivity contribution is -0.134. The number of nitrogens with two attached hydrogens (primary N) is 1. The zero-order valence-electron chi connectivity index (χ0n) is 13.9. The summed E-state index contributed by atoms with van der Waals surface area (Å²) >= 11 is 0. The summed E-state index contributed by atoms with van der Waals surface area (Å²) in [4.78, 5) is 16.8. The molecule has 1 heterocycles. The molecule has 5 nitrogen and oxygen atoms in total. The fourth-order valence-electron chi connectivity index (χ4n) is 3.64. The molecule has 2 aliphatic rings. The summed E-state index contributed by atoms with van der Waals surface area (Å²) in [6, 6.07) is 8.56. The van der Waals surface area contributed by atoms with Gasteiger partial charge in [0.25, 0.3) is 0 Å². The van der Waals surface area contributed by atoms with E-state index in [4.69, 9.17) is 10.5 Å². The molecule has 2 N–H and O–H groups in total. The smallest absolute Gasteiger partial charge is 0.225 e. The van der Waals surface area contributed by atoms with Gasteiger partial charge in [-0.1, -0.05) is 18.2 Å². The molecule has 0 radical (unpaired) electrons. The van der Waals surface area contributed by atoms with Gasteiger partial charge in [-0.05, 0) is 30.9 Å². The average Bonchev–Trinajstić information content (AvgIpc) is 3.02. The molecule has 1 aromatic carbocycles. The van der Waals surface area contributed by atoms with Gasteiger partial charge in [0.1, 0.15) is 0 Å². The number of amides is 1. The third kappa shape index (κ3) is 3.85. The van der Waals surface area contributed by atoms with Crippen LogP contribution in [0.25, 0.3) is 0 Å². The maximum absolute atomic E-state index is 12.6. The quantitative estimate of drug-likeness (QED) is 0.916. The van der Waals surface area contributed by atoms with E-state index < -0.39 is 0 Å². The van der Waals surface area contributed by atoms with Crippen molar-refractivity contribution in [1.82, 2.24) is 4.90 Å². The van der Waals surface area contributed by atoms with Gasteiger partial charge in [0, 0.05) is 44.3 Å². The fourth-order valence-corrected chi connectivity index (χ4v) is 3.64. The molecule has 3 rings (SSSR count). The van der Waals surface area contributed by atoms with E-state index in [9.17, 15) is 4.79 Å². The number of carbonyl (C=O) groups excluding carboxylic acids is 1. The Hall–Kier alpha value is -1.59. The second-order valence-corrected chi connectivity index (χ2v) is 6.69. The Morgan fingerprint density at radius 3 is 2.74 bits per heavy atom. The van der Waals surface area contributed by atoms with E-state index in [0.717, 1.165) is 45.6 Å². The number of hydrogen-bond acceptors (Lipinski definition) is 4. The lowest BCUT2D eigenvalue weighted by atomic mass is 10.1. The van der Waals surface area contributed by atoms with E-state index >= 15 is 0 Å². The zero-order chi connectivity index (χ0) is 16.2. The van der Waals surface area contributed by atoms with E-state index in [2.05, 4.69) is 23.1 Å². The van der Waals surface area contributed by atoms with Crippen LogP contribution in [0.4, 0.5) is 5.69 Å². The van der Waals surface area contributed by atoms with Crippen LogP contribution < -0.4 is 10.6 Å². The molecule has 23 heavy (non-hydrogen) atoms. The monoisotopic (exact) mass is 317 g/mol. The van der Waals surface area contributed by atoms with Crippen LogP contribution in [0.5, 0.6) is 0 Å². The molecule has 0 spiro atoms. The van der Waals surface area contributed by atoms with E-state index in [1.54, 1.807) is 0 Å². The van der Waals surface area contributed by atoms with Gasteiger partial charge in [-0.25, -0.2) is 0 Å². The topological polar surface area (TPSA) is 58.8 Å². The van der Waals surface area contributed by atoms with Crippen molar-refractivity contribution in [2.45, 2.75) is 31.8 Å². The highest BCUT2D eigenvalue weighted by atomic mass is 16.5. The third-order valence-electron chi connectivity index (χ3n) is 4.95. The molecule has 2 atom stereocenters. The number of anilines is 1. The van der Waals surface area contributed by atoms with Crippen molar-refractivity contribution in [3.8, 4) is 0 Å². The minimum atomic E-state index is 0.102.